The molecule has 0 amide bonds. The van der Waals surface area contributed by atoms with Crippen molar-refractivity contribution in [1.82, 2.24) is 24.0 Å². The highest BCUT2D eigenvalue weighted by Crippen LogP contribution is 2.33. The van der Waals surface area contributed by atoms with Gasteiger partial charge >= 0.3 is 12.4 Å². The van der Waals surface area contributed by atoms with E-state index in [9.17, 15) is 34.8 Å². The Bertz CT molecular complexity index is 1420. The van der Waals surface area contributed by atoms with Gasteiger partial charge in [0.05, 0.1) is 16.9 Å². The van der Waals surface area contributed by atoms with Crippen molar-refractivity contribution < 1.29 is 34.8 Å². The molecule has 0 aliphatic rings. The molecule has 0 aliphatic heterocycles. The number of imidazole rings is 1. The van der Waals surface area contributed by atoms with Crippen molar-refractivity contribution in [2.24, 2.45) is 0 Å². The highest BCUT2D eigenvalue weighted by molar-refractivity contribution is 7.91. The number of hydrogen-bond donors (Lipinski definition) is 0. The molecule has 7 nitrogen and oxygen atoms in total. The van der Waals surface area contributed by atoms with Crippen LogP contribution in [0.15, 0.2) is 41.7 Å². The second kappa shape index (κ2) is 6.67. The quantitative estimate of drug-likeness (QED) is 0.431. The van der Waals surface area contributed by atoms with Gasteiger partial charge in [0.2, 0.25) is 5.82 Å². The lowest BCUT2D eigenvalue weighted by Gasteiger charge is -2.07. The first-order valence-corrected chi connectivity index (χ1v) is 10.2. The molecule has 0 saturated carbocycles. The van der Waals surface area contributed by atoms with Crippen LogP contribution in [0.4, 0.5) is 26.3 Å². The predicted molar refractivity (Wildman–Crippen MR) is 94.9 cm³/mol. The number of aromatic nitrogens is 5. The summed E-state index contributed by atoms with van der Waals surface area (Å²) in [5, 5.41) is 3.42. The van der Waals surface area contributed by atoms with Gasteiger partial charge in [0.15, 0.2) is 20.5 Å². The van der Waals surface area contributed by atoms with Crippen LogP contribution in [0.25, 0.3) is 22.8 Å². The maximum absolute atomic E-state index is 13.0. The third-order valence-corrected chi connectivity index (χ3v) is 6.19. The molecule has 14 heteroatoms. The summed E-state index contributed by atoms with van der Waals surface area (Å²) in [4.78, 5) is 7.96. The van der Waals surface area contributed by atoms with E-state index in [1.165, 1.54) is 6.92 Å². The van der Waals surface area contributed by atoms with E-state index in [0.717, 1.165) is 27.2 Å². The van der Waals surface area contributed by atoms with E-state index < -0.39 is 44.1 Å². The average molecular weight is 463 g/mol. The van der Waals surface area contributed by atoms with Gasteiger partial charge in [-0.1, -0.05) is 6.92 Å². The van der Waals surface area contributed by atoms with Crippen LogP contribution in [0.1, 0.15) is 18.1 Å². The van der Waals surface area contributed by atoms with Crippen molar-refractivity contribution in [3.8, 4) is 11.5 Å². The van der Waals surface area contributed by atoms with E-state index in [2.05, 4.69) is 15.1 Å². The lowest BCUT2D eigenvalue weighted by atomic mass is 10.2. The normalized spacial score (nSPS) is 13.4. The van der Waals surface area contributed by atoms with Crippen LogP contribution < -0.4 is 0 Å². The monoisotopic (exact) mass is 463 g/mol. The maximum atomic E-state index is 13.0. The summed E-state index contributed by atoms with van der Waals surface area (Å²) in [6, 6.07) is 3.16. The minimum Gasteiger partial charge on any atom is -0.290 e. The van der Waals surface area contributed by atoms with E-state index in [-0.39, 0.29) is 22.8 Å². The summed E-state index contributed by atoms with van der Waals surface area (Å²) in [6.07, 6.45) is -7.76. The minimum absolute atomic E-state index is 0.0316. The van der Waals surface area contributed by atoms with Crippen LogP contribution in [0, 0.1) is 0 Å². The first kappa shape index (κ1) is 21.1. The number of pyridine rings is 2. The smallest absolute Gasteiger partial charge is 0.290 e. The molecule has 4 heterocycles. The lowest BCUT2D eigenvalue weighted by molar-refractivity contribution is -0.138. The molecule has 0 radical (unpaired) electrons. The largest absolute Gasteiger partial charge is 0.417 e. The van der Waals surface area contributed by atoms with Gasteiger partial charge < -0.3 is 0 Å². The summed E-state index contributed by atoms with van der Waals surface area (Å²) in [7, 11) is -4.03. The Morgan fingerprint density at radius 2 is 1.61 bits per heavy atom. The summed E-state index contributed by atoms with van der Waals surface area (Å²) < 4.78 is 105. The van der Waals surface area contributed by atoms with Crippen LogP contribution in [0.5, 0.6) is 0 Å². The molecule has 0 atom stereocenters. The Kier molecular flexibility index (Phi) is 4.54. The Morgan fingerprint density at radius 3 is 2.23 bits per heavy atom. The highest BCUT2D eigenvalue weighted by atomic mass is 32.2. The zero-order valence-electron chi connectivity index (χ0n) is 15.4. The van der Waals surface area contributed by atoms with Gasteiger partial charge in [-0.15, -0.1) is 5.10 Å². The fourth-order valence-corrected chi connectivity index (χ4v) is 4.09. The van der Waals surface area contributed by atoms with Gasteiger partial charge in [0, 0.05) is 12.4 Å². The number of fused-ring (bicyclic) bond motifs is 2. The van der Waals surface area contributed by atoms with Crippen molar-refractivity contribution in [2.45, 2.75) is 24.3 Å². The van der Waals surface area contributed by atoms with Crippen LogP contribution in [-0.4, -0.2) is 38.2 Å². The fraction of sp³-hybridized carbons (Fsp3) is 0.235. The maximum Gasteiger partial charge on any atom is 0.417 e. The van der Waals surface area contributed by atoms with E-state index in [1.807, 2.05) is 0 Å². The molecule has 0 bridgehead atoms. The molecule has 4 rings (SSSR count). The van der Waals surface area contributed by atoms with Crippen molar-refractivity contribution in [3.05, 3.63) is 47.8 Å². The van der Waals surface area contributed by atoms with Crippen LogP contribution in [0.2, 0.25) is 0 Å². The Labute approximate surface area is 169 Å². The minimum atomic E-state index is -4.69. The Balaban J connectivity index is 1.99. The first-order valence-electron chi connectivity index (χ1n) is 8.57. The molecule has 31 heavy (non-hydrogen) atoms. The van der Waals surface area contributed by atoms with Crippen molar-refractivity contribution >= 4 is 21.1 Å². The molecule has 0 aliphatic carbocycles. The zero-order valence-corrected chi connectivity index (χ0v) is 16.2. The van der Waals surface area contributed by atoms with Gasteiger partial charge in [-0.2, -0.15) is 26.3 Å². The van der Waals surface area contributed by atoms with Crippen LogP contribution >= 0.6 is 0 Å². The number of alkyl halides is 6. The third kappa shape index (κ3) is 3.60. The summed E-state index contributed by atoms with van der Waals surface area (Å²) >= 11 is 0. The molecule has 0 fully saturated rings. The standard InChI is InChI=1S/C17H11F6N5O2S/c1-2-31(29,30)15-13(24-12-7-9(16(18,19)20)5-6-27(12)15)14-25-11-4-3-10(17(21,22)23)8-28(11)26-14/h3-8H,2H2,1H3. The Hall–Kier alpha value is -3.16. The number of nitrogens with zero attached hydrogens (tertiary/aromatic N) is 5. The van der Waals surface area contributed by atoms with Crippen LogP contribution in [-0.2, 0) is 22.2 Å². The molecule has 0 unspecified atom stereocenters. The van der Waals surface area contributed by atoms with Crippen molar-refractivity contribution in [3.63, 3.8) is 0 Å². The van der Waals surface area contributed by atoms with Gasteiger partial charge in [-0.25, -0.2) is 22.9 Å². The molecule has 0 saturated heterocycles. The molecule has 0 spiro atoms. The molecular formula is C17H11F6N5O2S. The Morgan fingerprint density at radius 1 is 0.935 bits per heavy atom. The van der Waals surface area contributed by atoms with Gasteiger partial charge in [-0.05, 0) is 24.3 Å². The zero-order chi connectivity index (χ0) is 22.8. The molecule has 4 aromatic heterocycles. The summed E-state index contributed by atoms with van der Waals surface area (Å²) in [6.45, 7) is 1.33. The van der Waals surface area contributed by atoms with E-state index in [1.54, 1.807) is 0 Å². The number of rotatable bonds is 3. The van der Waals surface area contributed by atoms with Crippen molar-refractivity contribution in [1.29, 1.82) is 0 Å². The summed E-state index contributed by atoms with van der Waals surface area (Å²) in [5.41, 5.74) is -2.78. The van der Waals surface area contributed by atoms with E-state index in [0.29, 0.717) is 18.3 Å². The fourth-order valence-electron chi connectivity index (χ4n) is 2.93. The van der Waals surface area contributed by atoms with Gasteiger partial charge in [0.25, 0.3) is 0 Å². The number of halogens is 6. The topological polar surface area (TPSA) is 81.6 Å². The molecule has 0 aromatic carbocycles. The second-order valence-corrected chi connectivity index (χ2v) is 8.66. The molecule has 164 valence electrons. The average Bonchev–Trinajstić information content (AvgIpc) is 3.26. The van der Waals surface area contributed by atoms with Gasteiger partial charge in [-0.3, -0.25) is 4.40 Å². The third-order valence-electron chi connectivity index (χ3n) is 4.45. The van der Waals surface area contributed by atoms with E-state index >= 15 is 0 Å². The first-order chi connectivity index (χ1) is 14.3. The molecular weight excluding hydrogens is 452 g/mol. The van der Waals surface area contributed by atoms with Gasteiger partial charge in [0.1, 0.15) is 11.3 Å². The van der Waals surface area contributed by atoms with Crippen LogP contribution in [0.3, 0.4) is 0 Å². The lowest BCUT2D eigenvalue weighted by Crippen LogP contribution is -2.10. The van der Waals surface area contributed by atoms with E-state index in [4.69, 9.17) is 0 Å². The molecule has 4 aromatic rings. The highest BCUT2D eigenvalue weighted by Gasteiger charge is 2.34. The predicted octanol–water partition coefficient (Wildman–Crippen LogP) is 3.88. The SMILES string of the molecule is CCS(=O)(=O)c1c(-c2nc3ccc(C(F)(F)F)cn3n2)nc2cc(C(F)(F)F)ccn12. The molecule has 0 N–H and O–H groups in total. The second-order valence-electron chi connectivity index (χ2n) is 6.46. The summed E-state index contributed by atoms with van der Waals surface area (Å²) in [5.74, 6) is -0.746. The number of sulfone groups is 1. The number of hydrogen-bond acceptors (Lipinski definition) is 5. The van der Waals surface area contributed by atoms with Crippen molar-refractivity contribution in [2.75, 3.05) is 5.75 Å².